The van der Waals surface area contributed by atoms with Gasteiger partial charge >= 0.3 is 0 Å². The first kappa shape index (κ1) is 10.3. The van der Waals surface area contributed by atoms with E-state index in [0.29, 0.717) is 6.29 Å². The summed E-state index contributed by atoms with van der Waals surface area (Å²) in [6.07, 6.45) is 0.0160. The maximum absolute atomic E-state index is 13.1. The normalized spacial score (nSPS) is 9.86. The SMILES string of the molecule is NC(=O)c1cc(F)c(CC=O)c(F)c1. The monoisotopic (exact) mass is 199 g/mol. The van der Waals surface area contributed by atoms with Gasteiger partial charge in [-0.15, -0.1) is 0 Å². The van der Waals surface area contributed by atoms with Crippen molar-refractivity contribution in [2.24, 2.45) is 5.73 Å². The number of amides is 1. The summed E-state index contributed by atoms with van der Waals surface area (Å²) in [5, 5.41) is 0. The van der Waals surface area contributed by atoms with E-state index >= 15 is 0 Å². The molecule has 0 heterocycles. The Hall–Kier alpha value is -1.78. The molecule has 74 valence electrons. The van der Waals surface area contributed by atoms with Crippen molar-refractivity contribution < 1.29 is 18.4 Å². The number of aldehydes is 1. The summed E-state index contributed by atoms with van der Waals surface area (Å²) in [6, 6.07) is 1.62. The van der Waals surface area contributed by atoms with Crippen molar-refractivity contribution in [2.45, 2.75) is 6.42 Å². The third-order valence-electron chi connectivity index (χ3n) is 1.71. The van der Waals surface area contributed by atoms with Crippen LogP contribution in [-0.4, -0.2) is 12.2 Å². The fourth-order valence-electron chi connectivity index (χ4n) is 1.02. The molecule has 0 radical (unpaired) electrons. The molecular weight excluding hydrogens is 192 g/mol. The first-order valence-electron chi connectivity index (χ1n) is 3.77. The van der Waals surface area contributed by atoms with Crippen LogP contribution in [0.2, 0.25) is 0 Å². The number of hydrogen-bond acceptors (Lipinski definition) is 2. The van der Waals surface area contributed by atoms with Crippen LogP contribution in [0.5, 0.6) is 0 Å². The lowest BCUT2D eigenvalue weighted by Crippen LogP contribution is -2.12. The summed E-state index contributed by atoms with van der Waals surface area (Å²) in [7, 11) is 0. The second-order valence-electron chi connectivity index (χ2n) is 2.65. The van der Waals surface area contributed by atoms with Crippen LogP contribution in [0.1, 0.15) is 15.9 Å². The van der Waals surface area contributed by atoms with Crippen molar-refractivity contribution in [1.82, 2.24) is 0 Å². The van der Waals surface area contributed by atoms with E-state index in [-0.39, 0.29) is 17.5 Å². The minimum Gasteiger partial charge on any atom is -0.366 e. The average molecular weight is 199 g/mol. The van der Waals surface area contributed by atoms with E-state index in [1.165, 1.54) is 0 Å². The zero-order valence-corrected chi connectivity index (χ0v) is 7.09. The molecule has 2 N–H and O–H groups in total. The van der Waals surface area contributed by atoms with Crippen molar-refractivity contribution in [3.63, 3.8) is 0 Å². The van der Waals surface area contributed by atoms with Gasteiger partial charge in [0.2, 0.25) is 5.91 Å². The number of rotatable bonds is 3. The lowest BCUT2D eigenvalue weighted by molar-refractivity contribution is -0.107. The molecule has 14 heavy (non-hydrogen) atoms. The zero-order valence-electron chi connectivity index (χ0n) is 7.09. The second kappa shape index (κ2) is 3.95. The van der Waals surface area contributed by atoms with E-state index < -0.39 is 17.5 Å². The molecule has 0 unspecified atom stereocenters. The number of carbonyl (C=O) groups is 2. The van der Waals surface area contributed by atoms with Gasteiger partial charge in [0.1, 0.15) is 17.9 Å². The molecule has 0 saturated heterocycles. The minimum atomic E-state index is -0.939. The maximum atomic E-state index is 13.1. The summed E-state index contributed by atoms with van der Waals surface area (Å²) < 4.78 is 26.1. The Morgan fingerprint density at radius 3 is 2.21 bits per heavy atom. The highest BCUT2D eigenvalue weighted by Crippen LogP contribution is 2.15. The summed E-state index contributed by atoms with van der Waals surface area (Å²) in [4.78, 5) is 20.7. The Morgan fingerprint density at radius 1 is 1.36 bits per heavy atom. The molecule has 3 nitrogen and oxygen atoms in total. The molecule has 0 aliphatic rings. The highest BCUT2D eigenvalue weighted by atomic mass is 19.1. The molecular formula is C9H7F2NO2. The number of carbonyl (C=O) groups excluding carboxylic acids is 2. The van der Waals surface area contributed by atoms with Gasteiger partial charge in [0, 0.05) is 17.5 Å². The minimum absolute atomic E-state index is 0.255. The average Bonchev–Trinajstić information content (AvgIpc) is 2.10. The Morgan fingerprint density at radius 2 is 1.86 bits per heavy atom. The van der Waals surface area contributed by atoms with Crippen LogP contribution >= 0.6 is 0 Å². The molecule has 0 aliphatic heterocycles. The first-order chi connectivity index (χ1) is 6.56. The van der Waals surface area contributed by atoms with Gasteiger partial charge in [-0.2, -0.15) is 0 Å². The van der Waals surface area contributed by atoms with Crippen LogP contribution in [0.3, 0.4) is 0 Å². The standard InChI is InChI=1S/C9H7F2NO2/c10-7-3-5(9(12)14)4-8(11)6(7)1-2-13/h2-4H,1H2,(H2,12,14). The van der Waals surface area contributed by atoms with E-state index in [4.69, 9.17) is 5.73 Å². The van der Waals surface area contributed by atoms with Gasteiger partial charge < -0.3 is 10.5 Å². The number of hydrogen-bond donors (Lipinski definition) is 1. The molecule has 0 aliphatic carbocycles. The highest BCUT2D eigenvalue weighted by molar-refractivity contribution is 5.92. The Balaban J connectivity index is 3.24. The number of primary amides is 1. The molecule has 1 rings (SSSR count). The Bertz CT molecular complexity index is 367. The number of halogens is 2. The maximum Gasteiger partial charge on any atom is 0.248 e. The van der Waals surface area contributed by atoms with Crippen LogP contribution in [0.25, 0.3) is 0 Å². The van der Waals surface area contributed by atoms with Crippen LogP contribution in [0, 0.1) is 11.6 Å². The molecule has 1 aromatic carbocycles. The summed E-state index contributed by atoms with van der Waals surface area (Å²) in [6.45, 7) is 0. The molecule has 0 bridgehead atoms. The molecule has 0 atom stereocenters. The molecule has 1 aromatic rings. The van der Waals surface area contributed by atoms with E-state index in [1.807, 2.05) is 0 Å². The Labute approximate surface area is 78.5 Å². The van der Waals surface area contributed by atoms with Crippen LogP contribution < -0.4 is 5.73 Å². The molecule has 0 spiro atoms. The van der Waals surface area contributed by atoms with Crippen molar-refractivity contribution in [1.29, 1.82) is 0 Å². The fraction of sp³-hybridized carbons (Fsp3) is 0.111. The fourth-order valence-corrected chi connectivity index (χ4v) is 1.02. The van der Waals surface area contributed by atoms with Crippen molar-refractivity contribution in [2.75, 3.05) is 0 Å². The predicted molar refractivity (Wildman–Crippen MR) is 44.6 cm³/mol. The van der Waals surface area contributed by atoms with Crippen LogP contribution in [0.15, 0.2) is 12.1 Å². The van der Waals surface area contributed by atoms with E-state index in [2.05, 4.69) is 0 Å². The third kappa shape index (κ3) is 1.93. The topological polar surface area (TPSA) is 60.2 Å². The molecule has 0 fully saturated rings. The highest BCUT2D eigenvalue weighted by Gasteiger charge is 2.12. The lowest BCUT2D eigenvalue weighted by atomic mass is 10.1. The van der Waals surface area contributed by atoms with Crippen molar-refractivity contribution >= 4 is 12.2 Å². The zero-order chi connectivity index (χ0) is 10.7. The number of benzene rings is 1. The van der Waals surface area contributed by atoms with Gasteiger partial charge in [-0.25, -0.2) is 8.78 Å². The molecule has 0 saturated carbocycles. The quantitative estimate of drug-likeness (QED) is 0.732. The van der Waals surface area contributed by atoms with E-state index in [9.17, 15) is 18.4 Å². The smallest absolute Gasteiger partial charge is 0.248 e. The molecule has 0 aromatic heterocycles. The molecule has 5 heteroatoms. The van der Waals surface area contributed by atoms with E-state index in [1.54, 1.807) is 0 Å². The Kier molecular flexibility index (Phi) is 2.91. The second-order valence-corrected chi connectivity index (χ2v) is 2.65. The summed E-state index contributed by atoms with van der Waals surface area (Å²) >= 11 is 0. The van der Waals surface area contributed by atoms with Gasteiger partial charge in [-0.3, -0.25) is 4.79 Å². The van der Waals surface area contributed by atoms with Gasteiger partial charge in [0.15, 0.2) is 0 Å². The van der Waals surface area contributed by atoms with Gasteiger partial charge in [-0.05, 0) is 12.1 Å². The van der Waals surface area contributed by atoms with E-state index in [0.717, 1.165) is 12.1 Å². The summed E-state index contributed by atoms with van der Waals surface area (Å²) in [5.41, 5.74) is 4.22. The third-order valence-corrected chi connectivity index (χ3v) is 1.71. The van der Waals surface area contributed by atoms with Crippen molar-refractivity contribution in [3.8, 4) is 0 Å². The molecule has 1 amide bonds. The largest absolute Gasteiger partial charge is 0.366 e. The van der Waals surface area contributed by atoms with Gasteiger partial charge in [-0.1, -0.05) is 0 Å². The van der Waals surface area contributed by atoms with Crippen LogP contribution in [-0.2, 0) is 11.2 Å². The summed E-state index contributed by atoms with van der Waals surface area (Å²) in [5.74, 6) is -2.79. The van der Waals surface area contributed by atoms with Crippen LogP contribution in [0.4, 0.5) is 8.78 Å². The first-order valence-corrected chi connectivity index (χ1v) is 3.77. The van der Waals surface area contributed by atoms with Crippen molar-refractivity contribution in [3.05, 3.63) is 34.9 Å². The van der Waals surface area contributed by atoms with Gasteiger partial charge in [0.25, 0.3) is 0 Å². The van der Waals surface area contributed by atoms with Gasteiger partial charge in [0.05, 0.1) is 0 Å². The number of nitrogens with two attached hydrogens (primary N) is 1. The lowest BCUT2D eigenvalue weighted by Gasteiger charge is -2.02. The predicted octanol–water partition coefficient (Wildman–Crippen LogP) is 0.805.